The van der Waals surface area contributed by atoms with Crippen LogP contribution in [0.2, 0.25) is 0 Å². The molecule has 0 saturated carbocycles. The highest BCUT2D eigenvalue weighted by Gasteiger charge is 2.50. The van der Waals surface area contributed by atoms with Crippen molar-refractivity contribution in [2.24, 2.45) is 5.92 Å². The molecule has 6 nitrogen and oxygen atoms in total. The van der Waals surface area contributed by atoms with Gasteiger partial charge in [-0.25, -0.2) is 4.39 Å². The van der Waals surface area contributed by atoms with Gasteiger partial charge in [0, 0.05) is 41.5 Å². The standard InChI is InChI=1S/C29H25FN2O4/c1-17(33)31-15-14-22-21-13-12-20(30)16-23(21)32-26(22)24(18-8-4-2-5-9-18)25-27(34)28(36-29(25)35)19-10-6-3-7-11-19/h2-13,16,24-25,28,32H,14-15H2,1H3,(H,31,33). The van der Waals surface area contributed by atoms with Gasteiger partial charge in [0.25, 0.3) is 0 Å². The Hall–Kier alpha value is -4.26. The maximum Gasteiger partial charge on any atom is 0.318 e. The van der Waals surface area contributed by atoms with Crippen LogP contribution >= 0.6 is 0 Å². The number of ether oxygens (including phenoxy) is 1. The van der Waals surface area contributed by atoms with Gasteiger partial charge in [-0.1, -0.05) is 60.7 Å². The van der Waals surface area contributed by atoms with Crippen LogP contribution in [0.3, 0.4) is 0 Å². The molecule has 5 rings (SSSR count). The number of Topliss-reactive ketones (excluding diaryl/α,β-unsaturated/α-hetero) is 1. The molecular weight excluding hydrogens is 459 g/mol. The van der Waals surface area contributed by atoms with Crippen LogP contribution in [0, 0.1) is 11.7 Å². The molecule has 7 heteroatoms. The summed E-state index contributed by atoms with van der Waals surface area (Å²) >= 11 is 0. The monoisotopic (exact) mass is 484 g/mol. The predicted molar refractivity (Wildman–Crippen MR) is 133 cm³/mol. The van der Waals surface area contributed by atoms with Crippen molar-refractivity contribution in [1.29, 1.82) is 0 Å². The molecule has 4 aromatic rings. The van der Waals surface area contributed by atoms with Crippen LogP contribution in [0.15, 0.2) is 78.9 Å². The lowest BCUT2D eigenvalue weighted by Gasteiger charge is -2.22. The molecule has 0 radical (unpaired) electrons. The summed E-state index contributed by atoms with van der Waals surface area (Å²) in [6.45, 7) is 1.79. The largest absolute Gasteiger partial charge is 0.449 e. The molecule has 1 fully saturated rings. The van der Waals surface area contributed by atoms with Crippen molar-refractivity contribution in [3.05, 3.63) is 107 Å². The molecule has 182 valence electrons. The Morgan fingerprint density at radius 2 is 1.72 bits per heavy atom. The second-order valence-corrected chi connectivity index (χ2v) is 8.94. The van der Waals surface area contributed by atoms with Crippen molar-refractivity contribution < 1.29 is 23.5 Å². The Morgan fingerprint density at radius 3 is 2.42 bits per heavy atom. The number of fused-ring (bicyclic) bond motifs is 1. The highest BCUT2D eigenvalue weighted by atomic mass is 19.1. The van der Waals surface area contributed by atoms with E-state index in [1.54, 1.807) is 30.3 Å². The Labute approximate surface area is 207 Å². The average Bonchev–Trinajstić information content (AvgIpc) is 3.37. The molecule has 3 atom stereocenters. The van der Waals surface area contributed by atoms with Crippen LogP contribution in [0.25, 0.3) is 10.9 Å². The number of carbonyl (C=O) groups excluding carboxylic acids is 3. The van der Waals surface area contributed by atoms with E-state index < -0.39 is 29.7 Å². The molecule has 1 aromatic heterocycles. The number of halogens is 1. The first-order valence-electron chi connectivity index (χ1n) is 11.8. The molecule has 1 aliphatic heterocycles. The number of hydrogen-bond donors (Lipinski definition) is 2. The maximum atomic E-state index is 14.1. The van der Waals surface area contributed by atoms with Crippen LogP contribution in [0.5, 0.6) is 0 Å². The van der Waals surface area contributed by atoms with Crippen LogP contribution in [-0.4, -0.2) is 29.2 Å². The summed E-state index contributed by atoms with van der Waals surface area (Å²) in [5.41, 5.74) is 3.39. The lowest BCUT2D eigenvalue weighted by Crippen LogP contribution is -2.27. The normalized spacial score (nSPS) is 18.3. The number of benzene rings is 3. The lowest BCUT2D eigenvalue weighted by atomic mass is 9.78. The van der Waals surface area contributed by atoms with Gasteiger partial charge in [0.2, 0.25) is 5.91 Å². The Morgan fingerprint density at radius 1 is 1.03 bits per heavy atom. The van der Waals surface area contributed by atoms with Gasteiger partial charge in [-0.05, 0) is 35.7 Å². The number of nitrogens with one attached hydrogen (secondary N) is 2. The minimum atomic E-state index is -1.09. The number of hydrogen-bond acceptors (Lipinski definition) is 4. The summed E-state index contributed by atoms with van der Waals surface area (Å²) in [5, 5.41) is 3.57. The number of esters is 1. The van der Waals surface area contributed by atoms with E-state index in [1.807, 2.05) is 36.4 Å². The van der Waals surface area contributed by atoms with Gasteiger partial charge in [-0.15, -0.1) is 0 Å². The van der Waals surface area contributed by atoms with Crippen molar-refractivity contribution in [2.75, 3.05) is 6.54 Å². The van der Waals surface area contributed by atoms with Gasteiger partial charge in [0.1, 0.15) is 11.7 Å². The predicted octanol–water partition coefficient (Wildman–Crippen LogP) is 4.60. The number of aromatic amines is 1. The first-order valence-corrected chi connectivity index (χ1v) is 11.8. The molecule has 1 saturated heterocycles. The van der Waals surface area contributed by atoms with E-state index in [2.05, 4.69) is 10.3 Å². The Balaban J connectivity index is 1.65. The van der Waals surface area contributed by atoms with Crippen molar-refractivity contribution in [2.45, 2.75) is 25.4 Å². The third-order valence-electron chi connectivity index (χ3n) is 6.61. The van der Waals surface area contributed by atoms with E-state index in [0.717, 1.165) is 16.5 Å². The zero-order chi connectivity index (χ0) is 25.2. The zero-order valence-corrected chi connectivity index (χ0v) is 19.7. The van der Waals surface area contributed by atoms with Gasteiger partial charge in [-0.2, -0.15) is 0 Å². The van der Waals surface area contributed by atoms with Crippen molar-refractivity contribution in [3.8, 4) is 0 Å². The van der Waals surface area contributed by atoms with Crippen molar-refractivity contribution >= 4 is 28.6 Å². The molecule has 0 aliphatic carbocycles. The first-order chi connectivity index (χ1) is 17.4. The molecule has 36 heavy (non-hydrogen) atoms. The van der Waals surface area contributed by atoms with Crippen LogP contribution in [0.4, 0.5) is 4.39 Å². The third-order valence-corrected chi connectivity index (χ3v) is 6.61. The van der Waals surface area contributed by atoms with E-state index >= 15 is 0 Å². The smallest absolute Gasteiger partial charge is 0.318 e. The summed E-state index contributed by atoms with van der Waals surface area (Å²) in [6.07, 6.45) is -0.554. The van der Waals surface area contributed by atoms with Crippen LogP contribution in [-0.2, 0) is 25.5 Å². The topological polar surface area (TPSA) is 88.3 Å². The van der Waals surface area contributed by atoms with Gasteiger partial charge < -0.3 is 15.0 Å². The quantitative estimate of drug-likeness (QED) is 0.296. The molecule has 2 heterocycles. The molecule has 2 N–H and O–H groups in total. The van der Waals surface area contributed by atoms with E-state index in [-0.39, 0.29) is 11.7 Å². The molecule has 3 unspecified atom stereocenters. The van der Waals surface area contributed by atoms with Gasteiger partial charge in [-0.3, -0.25) is 14.4 Å². The van der Waals surface area contributed by atoms with E-state index in [4.69, 9.17) is 4.74 Å². The highest BCUT2D eigenvalue weighted by molar-refractivity contribution is 6.08. The fourth-order valence-corrected chi connectivity index (χ4v) is 5.02. The zero-order valence-electron chi connectivity index (χ0n) is 19.7. The van der Waals surface area contributed by atoms with Gasteiger partial charge >= 0.3 is 5.97 Å². The molecule has 1 amide bonds. The first kappa shape index (κ1) is 23.5. The fourth-order valence-electron chi connectivity index (χ4n) is 5.02. The highest BCUT2D eigenvalue weighted by Crippen LogP contribution is 2.43. The lowest BCUT2D eigenvalue weighted by molar-refractivity contribution is -0.145. The summed E-state index contributed by atoms with van der Waals surface area (Å²) in [7, 11) is 0. The number of ketones is 1. The van der Waals surface area contributed by atoms with E-state index in [1.165, 1.54) is 19.1 Å². The van der Waals surface area contributed by atoms with Crippen LogP contribution < -0.4 is 5.32 Å². The molecule has 0 bridgehead atoms. The SMILES string of the molecule is CC(=O)NCCc1c(C(c2ccccc2)C2C(=O)OC(c3ccccc3)C2=O)[nH]c2cc(F)ccc12. The number of aromatic nitrogens is 1. The van der Waals surface area contributed by atoms with E-state index in [0.29, 0.717) is 29.7 Å². The summed E-state index contributed by atoms with van der Waals surface area (Å²) in [5.74, 6) is -3.25. The second-order valence-electron chi connectivity index (χ2n) is 8.94. The second kappa shape index (κ2) is 9.77. The number of rotatable bonds is 7. The van der Waals surface area contributed by atoms with E-state index in [9.17, 15) is 18.8 Å². The average molecular weight is 485 g/mol. The minimum absolute atomic E-state index is 0.165. The maximum absolute atomic E-state index is 14.1. The molecular formula is C29H25FN2O4. The minimum Gasteiger partial charge on any atom is -0.449 e. The van der Waals surface area contributed by atoms with Gasteiger partial charge in [0.15, 0.2) is 11.9 Å². The van der Waals surface area contributed by atoms with Gasteiger partial charge in [0.05, 0.1) is 0 Å². The van der Waals surface area contributed by atoms with Crippen molar-refractivity contribution in [1.82, 2.24) is 10.3 Å². The number of H-pyrrole nitrogens is 1. The number of amides is 1. The van der Waals surface area contributed by atoms with Crippen molar-refractivity contribution in [3.63, 3.8) is 0 Å². The summed E-state index contributed by atoms with van der Waals surface area (Å²) in [6, 6.07) is 22.7. The number of cyclic esters (lactones) is 1. The Kier molecular flexibility index (Phi) is 6.38. The molecule has 3 aromatic carbocycles. The number of carbonyl (C=O) groups is 3. The Bertz CT molecular complexity index is 1430. The van der Waals surface area contributed by atoms with Crippen LogP contribution in [0.1, 0.15) is 41.3 Å². The molecule has 1 aliphatic rings. The fraction of sp³-hybridized carbons (Fsp3) is 0.207. The summed E-state index contributed by atoms with van der Waals surface area (Å²) < 4.78 is 19.7. The summed E-state index contributed by atoms with van der Waals surface area (Å²) in [4.78, 5) is 41.8. The third kappa shape index (κ3) is 4.40. The molecule has 0 spiro atoms.